The van der Waals surface area contributed by atoms with Crippen LogP contribution in [0, 0.1) is 11.8 Å². The van der Waals surface area contributed by atoms with Crippen LogP contribution in [0.3, 0.4) is 0 Å². The molecule has 104 valence electrons. The van der Waals surface area contributed by atoms with Gasteiger partial charge >= 0.3 is 5.97 Å². The van der Waals surface area contributed by atoms with Crippen LogP contribution in [-0.2, 0) is 11.3 Å². The smallest absolute Gasteiger partial charge is 0.341 e. The Labute approximate surface area is 112 Å². The van der Waals surface area contributed by atoms with Crippen molar-refractivity contribution in [2.45, 2.75) is 25.5 Å². The van der Waals surface area contributed by atoms with Crippen LogP contribution < -0.4 is 0 Å². The minimum Gasteiger partial charge on any atom is -0.467 e. The summed E-state index contributed by atoms with van der Waals surface area (Å²) >= 11 is 0. The molecule has 0 bridgehead atoms. The highest BCUT2D eigenvalue weighted by Gasteiger charge is 2.42. The monoisotopic (exact) mass is 265 g/mol. The number of rotatable bonds is 3. The molecule has 3 unspecified atom stereocenters. The standard InChI is InChI=1S/C14H19NO4/c1-18-14(17)10-4-5-19-13(10)8-15-6-9-2-3-12(16)11(9)7-15/h4-5,9,11-12,16H,2-3,6-8H2,1H3. The lowest BCUT2D eigenvalue weighted by molar-refractivity contribution is 0.0596. The maximum Gasteiger partial charge on any atom is 0.341 e. The van der Waals surface area contributed by atoms with E-state index in [0.29, 0.717) is 29.7 Å². The Bertz CT molecular complexity index is 470. The Kier molecular flexibility index (Phi) is 3.33. The first-order chi connectivity index (χ1) is 9.19. The summed E-state index contributed by atoms with van der Waals surface area (Å²) in [6, 6.07) is 1.65. The number of hydrogen-bond donors (Lipinski definition) is 1. The Morgan fingerprint density at radius 3 is 3.11 bits per heavy atom. The number of aliphatic hydroxyl groups excluding tert-OH is 1. The van der Waals surface area contributed by atoms with Gasteiger partial charge in [-0.15, -0.1) is 0 Å². The maximum absolute atomic E-state index is 11.6. The van der Waals surface area contributed by atoms with Crippen molar-refractivity contribution in [3.63, 3.8) is 0 Å². The molecule has 0 spiro atoms. The summed E-state index contributed by atoms with van der Waals surface area (Å²) in [5, 5.41) is 9.90. The van der Waals surface area contributed by atoms with Crippen molar-refractivity contribution < 1.29 is 19.1 Å². The van der Waals surface area contributed by atoms with Crippen LogP contribution in [0.25, 0.3) is 0 Å². The van der Waals surface area contributed by atoms with Crippen LogP contribution in [0.2, 0.25) is 0 Å². The summed E-state index contributed by atoms with van der Waals surface area (Å²) in [6.45, 7) is 2.47. The van der Waals surface area contributed by atoms with Gasteiger partial charge in [-0.3, -0.25) is 4.90 Å². The average Bonchev–Trinajstić information content (AvgIpc) is 3.08. The SMILES string of the molecule is COC(=O)c1ccoc1CN1CC2CCC(O)C2C1. The van der Waals surface area contributed by atoms with Gasteiger partial charge in [-0.2, -0.15) is 0 Å². The van der Waals surface area contributed by atoms with Crippen molar-refractivity contribution in [3.8, 4) is 0 Å². The van der Waals surface area contributed by atoms with Crippen LogP contribution in [0.15, 0.2) is 16.7 Å². The van der Waals surface area contributed by atoms with Gasteiger partial charge in [0.2, 0.25) is 0 Å². The molecule has 2 heterocycles. The van der Waals surface area contributed by atoms with E-state index in [4.69, 9.17) is 9.15 Å². The number of hydrogen-bond acceptors (Lipinski definition) is 5. The van der Waals surface area contributed by atoms with E-state index in [9.17, 15) is 9.90 Å². The Balaban J connectivity index is 1.67. The lowest BCUT2D eigenvalue weighted by atomic mass is 10.00. The van der Waals surface area contributed by atoms with Gasteiger partial charge in [-0.25, -0.2) is 4.79 Å². The molecule has 1 aliphatic carbocycles. The second-order valence-electron chi connectivity index (χ2n) is 5.51. The normalized spacial score (nSPS) is 30.5. The fourth-order valence-corrected chi connectivity index (χ4v) is 3.42. The molecular weight excluding hydrogens is 246 g/mol. The molecule has 1 aliphatic heterocycles. The number of esters is 1. The van der Waals surface area contributed by atoms with E-state index in [-0.39, 0.29) is 12.1 Å². The summed E-state index contributed by atoms with van der Waals surface area (Å²) in [4.78, 5) is 13.8. The first-order valence-electron chi connectivity index (χ1n) is 6.74. The zero-order chi connectivity index (χ0) is 13.4. The lowest BCUT2D eigenvalue weighted by Crippen LogP contribution is -2.25. The molecule has 1 N–H and O–H groups in total. The van der Waals surface area contributed by atoms with Crippen molar-refractivity contribution >= 4 is 5.97 Å². The minimum atomic E-state index is -0.358. The topological polar surface area (TPSA) is 62.9 Å². The minimum absolute atomic E-state index is 0.160. The van der Waals surface area contributed by atoms with Gasteiger partial charge in [0.25, 0.3) is 0 Å². The van der Waals surface area contributed by atoms with Gasteiger partial charge in [0, 0.05) is 19.0 Å². The van der Waals surface area contributed by atoms with Gasteiger partial charge in [0.05, 0.1) is 26.0 Å². The van der Waals surface area contributed by atoms with Crippen molar-refractivity contribution in [2.24, 2.45) is 11.8 Å². The number of likely N-dealkylation sites (tertiary alicyclic amines) is 1. The molecule has 1 aromatic heterocycles. The largest absolute Gasteiger partial charge is 0.467 e. The van der Waals surface area contributed by atoms with E-state index < -0.39 is 0 Å². The molecule has 0 aromatic carbocycles. The predicted molar refractivity (Wildman–Crippen MR) is 67.5 cm³/mol. The molecule has 0 radical (unpaired) electrons. The Morgan fingerprint density at radius 1 is 1.53 bits per heavy atom. The van der Waals surface area contributed by atoms with E-state index in [1.54, 1.807) is 6.07 Å². The zero-order valence-electron chi connectivity index (χ0n) is 11.0. The molecule has 2 aliphatic rings. The Morgan fingerprint density at radius 2 is 2.37 bits per heavy atom. The van der Waals surface area contributed by atoms with Crippen molar-refractivity contribution in [2.75, 3.05) is 20.2 Å². The van der Waals surface area contributed by atoms with E-state index in [1.165, 1.54) is 13.4 Å². The number of fused-ring (bicyclic) bond motifs is 1. The number of nitrogens with zero attached hydrogens (tertiary/aromatic N) is 1. The third-order valence-corrected chi connectivity index (χ3v) is 4.41. The fourth-order valence-electron chi connectivity index (χ4n) is 3.42. The molecule has 1 saturated carbocycles. The molecule has 19 heavy (non-hydrogen) atoms. The summed E-state index contributed by atoms with van der Waals surface area (Å²) in [6.07, 6.45) is 3.39. The number of ether oxygens (including phenoxy) is 1. The van der Waals surface area contributed by atoms with Crippen molar-refractivity contribution in [1.29, 1.82) is 0 Å². The summed E-state index contributed by atoms with van der Waals surface area (Å²) in [5.74, 6) is 1.27. The fraction of sp³-hybridized carbons (Fsp3) is 0.643. The highest BCUT2D eigenvalue weighted by atomic mass is 16.5. The number of carbonyl (C=O) groups excluding carboxylic acids is 1. The molecule has 2 fully saturated rings. The van der Waals surface area contributed by atoms with Gasteiger partial charge < -0.3 is 14.3 Å². The lowest BCUT2D eigenvalue weighted by Gasteiger charge is -2.17. The summed E-state index contributed by atoms with van der Waals surface area (Å²) < 4.78 is 10.1. The van der Waals surface area contributed by atoms with Crippen LogP contribution in [-0.4, -0.2) is 42.3 Å². The number of aliphatic hydroxyl groups is 1. The van der Waals surface area contributed by atoms with Crippen molar-refractivity contribution in [3.05, 3.63) is 23.7 Å². The molecule has 1 aromatic rings. The van der Waals surface area contributed by atoms with Gasteiger partial charge in [0.1, 0.15) is 11.3 Å². The van der Waals surface area contributed by atoms with Gasteiger partial charge in [-0.05, 0) is 24.8 Å². The maximum atomic E-state index is 11.6. The first kappa shape index (κ1) is 12.7. The second kappa shape index (κ2) is 4.98. The zero-order valence-corrected chi connectivity index (χ0v) is 11.0. The second-order valence-corrected chi connectivity index (χ2v) is 5.51. The van der Waals surface area contributed by atoms with E-state index in [0.717, 1.165) is 25.9 Å². The molecule has 3 rings (SSSR count). The number of methoxy groups -OCH3 is 1. The van der Waals surface area contributed by atoms with Gasteiger partial charge in [-0.1, -0.05) is 0 Å². The Hall–Kier alpha value is -1.33. The first-order valence-corrected chi connectivity index (χ1v) is 6.74. The molecule has 5 nitrogen and oxygen atoms in total. The van der Waals surface area contributed by atoms with Crippen LogP contribution in [0.1, 0.15) is 29.0 Å². The molecule has 3 atom stereocenters. The third-order valence-electron chi connectivity index (χ3n) is 4.41. The van der Waals surface area contributed by atoms with Crippen LogP contribution in [0.5, 0.6) is 0 Å². The van der Waals surface area contributed by atoms with Crippen LogP contribution >= 0.6 is 0 Å². The highest BCUT2D eigenvalue weighted by molar-refractivity contribution is 5.90. The number of carbonyl (C=O) groups is 1. The third kappa shape index (κ3) is 2.28. The molecule has 5 heteroatoms. The molecule has 1 saturated heterocycles. The van der Waals surface area contributed by atoms with E-state index in [1.807, 2.05) is 0 Å². The van der Waals surface area contributed by atoms with Crippen LogP contribution in [0.4, 0.5) is 0 Å². The molecule has 0 amide bonds. The van der Waals surface area contributed by atoms with E-state index >= 15 is 0 Å². The van der Waals surface area contributed by atoms with Crippen molar-refractivity contribution in [1.82, 2.24) is 4.90 Å². The average molecular weight is 265 g/mol. The molecular formula is C14H19NO4. The summed E-state index contributed by atoms with van der Waals surface area (Å²) in [7, 11) is 1.37. The van der Waals surface area contributed by atoms with Gasteiger partial charge in [0.15, 0.2) is 0 Å². The van der Waals surface area contributed by atoms with E-state index in [2.05, 4.69) is 4.90 Å². The highest BCUT2D eigenvalue weighted by Crippen LogP contribution is 2.38. The predicted octanol–water partition coefficient (Wildman–Crippen LogP) is 1.27. The quantitative estimate of drug-likeness (QED) is 0.834. The number of furan rings is 1. The summed E-state index contributed by atoms with van der Waals surface area (Å²) in [5.41, 5.74) is 0.500.